The summed E-state index contributed by atoms with van der Waals surface area (Å²) in [6, 6.07) is 0.356. The molecule has 0 aromatic heterocycles. The summed E-state index contributed by atoms with van der Waals surface area (Å²) >= 11 is 0. The minimum absolute atomic E-state index is 0.0890. The Hall–Kier alpha value is -0.420. The lowest BCUT2D eigenvalue weighted by Crippen LogP contribution is -2.51. The summed E-state index contributed by atoms with van der Waals surface area (Å²) in [6.07, 6.45) is 3.78. The Morgan fingerprint density at radius 2 is 0.786 bits per heavy atom. The van der Waals surface area contributed by atoms with Crippen LogP contribution < -0.4 is 22.9 Å². The highest BCUT2D eigenvalue weighted by Crippen LogP contribution is 2.33. The van der Waals surface area contributed by atoms with E-state index in [1.807, 2.05) is 0 Å². The van der Waals surface area contributed by atoms with Crippen molar-refractivity contribution in [2.75, 3.05) is 0 Å². The van der Waals surface area contributed by atoms with Crippen LogP contribution in [0.1, 0.15) is 25.7 Å². The Morgan fingerprint density at radius 3 is 1.00 bits per heavy atom. The van der Waals surface area contributed by atoms with Crippen LogP contribution in [0.4, 0.5) is 0 Å². The summed E-state index contributed by atoms with van der Waals surface area (Å²) in [5.41, 5.74) is 26.5. The van der Waals surface area contributed by atoms with Crippen molar-refractivity contribution < 1.29 is 0 Å². The molecule has 0 aromatic carbocycles. The smallest absolute Gasteiger partial charge is 0.0273 e. The highest BCUT2D eigenvalue weighted by atomic mass is 14.8. The van der Waals surface area contributed by atoms with Crippen molar-refractivity contribution in [1.82, 2.24) is 0 Å². The molecule has 2 aliphatic rings. The van der Waals surface area contributed by atoms with E-state index in [9.17, 15) is 0 Å². The fraction of sp³-hybridized carbons (Fsp3) is 0.800. The van der Waals surface area contributed by atoms with Gasteiger partial charge in [-0.3, -0.25) is 0 Å². The van der Waals surface area contributed by atoms with Crippen LogP contribution in [0.25, 0.3) is 0 Å². The largest absolute Gasteiger partial charge is 0.324 e. The standard InChI is InChI=1S/C10H20N4/c11-5-1-2-6(12)10-8(14)4-3-7(13)9(5)10/h5-8H,1-4,11-14H2. The number of hydrogen-bond acceptors (Lipinski definition) is 4. The van der Waals surface area contributed by atoms with Gasteiger partial charge in [-0.2, -0.15) is 0 Å². The molecule has 8 N–H and O–H groups in total. The summed E-state index contributed by atoms with van der Waals surface area (Å²) < 4.78 is 0. The fourth-order valence-electron chi connectivity index (χ4n) is 2.75. The van der Waals surface area contributed by atoms with Gasteiger partial charge in [0, 0.05) is 24.2 Å². The molecule has 4 heteroatoms. The zero-order valence-corrected chi connectivity index (χ0v) is 8.45. The molecule has 4 atom stereocenters. The third kappa shape index (κ3) is 1.48. The molecule has 2 rings (SSSR count). The van der Waals surface area contributed by atoms with Crippen LogP contribution in [0.2, 0.25) is 0 Å². The van der Waals surface area contributed by atoms with Crippen LogP contribution in [-0.2, 0) is 0 Å². The molecule has 80 valence electrons. The van der Waals surface area contributed by atoms with Gasteiger partial charge in [-0.05, 0) is 36.8 Å². The van der Waals surface area contributed by atoms with Gasteiger partial charge < -0.3 is 22.9 Å². The Labute approximate surface area is 84.7 Å². The Balaban J connectivity index is 2.40. The molecule has 0 saturated heterocycles. The monoisotopic (exact) mass is 196 g/mol. The first-order valence-corrected chi connectivity index (χ1v) is 5.37. The van der Waals surface area contributed by atoms with Crippen LogP contribution >= 0.6 is 0 Å². The average Bonchev–Trinajstić information content (AvgIpc) is 2.16. The van der Waals surface area contributed by atoms with Crippen molar-refractivity contribution in [3.05, 3.63) is 11.1 Å². The first-order valence-electron chi connectivity index (χ1n) is 5.37. The summed E-state index contributed by atoms with van der Waals surface area (Å²) in [6.45, 7) is 0. The molecule has 0 saturated carbocycles. The van der Waals surface area contributed by atoms with Crippen LogP contribution in [0.15, 0.2) is 11.1 Å². The van der Waals surface area contributed by atoms with Gasteiger partial charge in [-0.25, -0.2) is 0 Å². The van der Waals surface area contributed by atoms with Gasteiger partial charge in [0.1, 0.15) is 0 Å². The summed E-state index contributed by atoms with van der Waals surface area (Å²) in [7, 11) is 0. The van der Waals surface area contributed by atoms with E-state index in [-0.39, 0.29) is 24.2 Å². The second kappa shape index (κ2) is 3.62. The lowest BCUT2D eigenvalue weighted by Gasteiger charge is -2.40. The van der Waals surface area contributed by atoms with Crippen molar-refractivity contribution >= 4 is 0 Å². The maximum absolute atomic E-state index is 6.06. The van der Waals surface area contributed by atoms with Gasteiger partial charge in [-0.1, -0.05) is 0 Å². The minimum atomic E-state index is 0.0890. The third-order valence-electron chi connectivity index (χ3n) is 3.51. The normalized spacial score (nSPS) is 43.7. The van der Waals surface area contributed by atoms with E-state index in [0.717, 1.165) is 36.8 Å². The van der Waals surface area contributed by atoms with E-state index in [4.69, 9.17) is 22.9 Å². The summed E-state index contributed by atoms with van der Waals surface area (Å²) in [5.74, 6) is 0. The Morgan fingerprint density at radius 1 is 0.571 bits per heavy atom. The fourth-order valence-corrected chi connectivity index (χ4v) is 2.75. The van der Waals surface area contributed by atoms with E-state index in [1.54, 1.807) is 0 Å². The first-order chi connectivity index (χ1) is 6.61. The summed E-state index contributed by atoms with van der Waals surface area (Å²) in [4.78, 5) is 0. The highest BCUT2D eigenvalue weighted by Gasteiger charge is 2.34. The molecule has 0 aromatic rings. The Kier molecular flexibility index (Phi) is 2.62. The van der Waals surface area contributed by atoms with E-state index < -0.39 is 0 Å². The minimum Gasteiger partial charge on any atom is -0.324 e. The molecule has 14 heavy (non-hydrogen) atoms. The molecule has 2 aliphatic carbocycles. The molecular weight excluding hydrogens is 176 g/mol. The van der Waals surface area contributed by atoms with Gasteiger partial charge in [0.05, 0.1) is 0 Å². The molecule has 4 unspecified atom stereocenters. The zero-order valence-electron chi connectivity index (χ0n) is 8.45. The average molecular weight is 196 g/mol. The van der Waals surface area contributed by atoms with Crippen LogP contribution in [0.5, 0.6) is 0 Å². The van der Waals surface area contributed by atoms with Gasteiger partial charge in [0.15, 0.2) is 0 Å². The Bertz CT molecular complexity index is 211. The second-order valence-electron chi connectivity index (χ2n) is 4.49. The van der Waals surface area contributed by atoms with E-state index in [1.165, 1.54) is 0 Å². The van der Waals surface area contributed by atoms with Crippen LogP contribution in [0, 0.1) is 0 Å². The molecule has 0 heterocycles. The van der Waals surface area contributed by atoms with Gasteiger partial charge in [0.2, 0.25) is 0 Å². The lowest BCUT2D eigenvalue weighted by molar-refractivity contribution is 0.424. The van der Waals surface area contributed by atoms with Gasteiger partial charge in [0.25, 0.3) is 0 Å². The molecule has 0 amide bonds. The topological polar surface area (TPSA) is 104 Å². The molecule has 0 radical (unpaired) electrons. The number of hydrogen-bond donors (Lipinski definition) is 4. The molecule has 0 aliphatic heterocycles. The molecule has 0 spiro atoms. The number of rotatable bonds is 0. The van der Waals surface area contributed by atoms with Gasteiger partial charge >= 0.3 is 0 Å². The maximum Gasteiger partial charge on any atom is 0.0273 e. The van der Waals surface area contributed by atoms with Crippen molar-refractivity contribution in [2.45, 2.75) is 49.9 Å². The van der Waals surface area contributed by atoms with Crippen molar-refractivity contribution in [1.29, 1.82) is 0 Å². The van der Waals surface area contributed by atoms with Crippen LogP contribution in [0.3, 0.4) is 0 Å². The van der Waals surface area contributed by atoms with Crippen molar-refractivity contribution in [3.63, 3.8) is 0 Å². The maximum atomic E-state index is 6.06. The van der Waals surface area contributed by atoms with E-state index >= 15 is 0 Å². The van der Waals surface area contributed by atoms with E-state index in [2.05, 4.69) is 0 Å². The molecule has 0 bridgehead atoms. The van der Waals surface area contributed by atoms with Gasteiger partial charge in [-0.15, -0.1) is 0 Å². The second-order valence-corrected chi connectivity index (χ2v) is 4.49. The lowest BCUT2D eigenvalue weighted by atomic mass is 9.73. The zero-order chi connectivity index (χ0) is 10.3. The third-order valence-corrected chi connectivity index (χ3v) is 3.51. The first kappa shape index (κ1) is 10.1. The van der Waals surface area contributed by atoms with Crippen LogP contribution in [-0.4, -0.2) is 24.2 Å². The molecule has 4 nitrogen and oxygen atoms in total. The van der Waals surface area contributed by atoms with E-state index in [0.29, 0.717) is 0 Å². The predicted molar refractivity (Wildman–Crippen MR) is 57.4 cm³/mol. The van der Waals surface area contributed by atoms with Crippen molar-refractivity contribution in [2.24, 2.45) is 22.9 Å². The predicted octanol–water partition coefficient (Wildman–Crippen LogP) is -0.820. The number of nitrogens with two attached hydrogens (primary N) is 4. The quantitative estimate of drug-likeness (QED) is 0.380. The SMILES string of the molecule is NC1CCC(N)C2=C1C(N)CCC2N. The highest BCUT2D eigenvalue weighted by molar-refractivity contribution is 5.36. The molecular formula is C10H20N4. The molecule has 0 fully saturated rings. The summed E-state index contributed by atoms with van der Waals surface area (Å²) in [5, 5.41) is 0. The van der Waals surface area contributed by atoms with Crippen molar-refractivity contribution in [3.8, 4) is 0 Å².